The molecule has 0 aromatic heterocycles. The molecule has 0 fully saturated rings. The maximum Gasteiger partial charge on any atom is 0.196 e. The molecule has 0 aliphatic carbocycles. The fraction of sp³-hybridized carbons (Fsp3) is 0.235. The number of hydrogen-bond donors (Lipinski definition) is 0. The highest BCUT2D eigenvalue weighted by atomic mass is 19.1. The number of carbonyl (C=O) groups excluding carboxylic acids is 1. The summed E-state index contributed by atoms with van der Waals surface area (Å²) in [6, 6.07) is 13.5. The Morgan fingerprint density at radius 1 is 1.20 bits per heavy atom. The third kappa shape index (κ3) is 3.11. The number of hydrogen-bond acceptors (Lipinski definition) is 2. The minimum absolute atomic E-state index is 0.213. The summed E-state index contributed by atoms with van der Waals surface area (Å²) in [7, 11) is 0. The summed E-state index contributed by atoms with van der Waals surface area (Å²) in [4.78, 5) is 12.6. The van der Waals surface area contributed by atoms with Crippen LogP contribution >= 0.6 is 0 Å². The van der Waals surface area contributed by atoms with Crippen LogP contribution < -0.4 is 0 Å². The first kappa shape index (κ1) is 14.4. The van der Waals surface area contributed by atoms with Crippen molar-refractivity contribution in [2.45, 2.75) is 20.0 Å². The second-order valence-corrected chi connectivity index (χ2v) is 4.57. The molecule has 104 valence electrons. The van der Waals surface area contributed by atoms with Crippen molar-refractivity contribution >= 4 is 5.78 Å². The number of ketones is 1. The van der Waals surface area contributed by atoms with Crippen LogP contribution in [-0.2, 0) is 4.74 Å². The SMILES string of the molecule is CCOC(C(=O)c1cc(F)ccc1C)c1ccccc1. The van der Waals surface area contributed by atoms with Crippen molar-refractivity contribution in [2.24, 2.45) is 0 Å². The molecule has 0 bridgehead atoms. The third-order valence-corrected chi connectivity index (χ3v) is 3.14. The predicted molar refractivity (Wildman–Crippen MR) is 76.3 cm³/mol. The van der Waals surface area contributed by atoms with Gasteiger partial charge in [-0.05, 0) is 37.1 Å². The number of carbonyl (C=O) groups is 1. The third-order valence-electron chi connectivity index (χ3n) is 3.14. The van der Waals surface area contributed by atoms with Crippen molar-refractivity contribution in [1.29, 1.82) is 0 Å². The van der Waals surface area contributed by atoms with Crippen molar-refractivity contribution in [1.82, 2.24) is 0 Å². The van der Waals surface area contributed by atoms with Crippen LogP contribution in [0.25, 0.3) is 0 Å². The van der Waals surface area contributed by atoms with Crippen LogP contribution in [0.2, 0.25) is 0 Å². The van der Waals surface area contributed by atoms with Gasteiger partial charge in [0, 0.05) is 12.2 Å². The topological polar surface area (TPSA) is 26.3 Å². The first-order valence-electron chi connectivity index (χ1n) is 6.60. The molecular weight excluding hydrogens is 255 g/mol. The second kappa shape index (κ2) is 6.44. The van der Waals surface area contributed by atoms with E-state index in [9.17, 15) is 9.18 Å². The molecule has 0 saturated carbocycles. The van der Waals surface area contributed by atoms with E-state index in [1.807, 2.05) is 37.3 Å². The molecular formula is C17H17FO2. The van der Waals surface area contributed by atoms with Crippen LogP contribution in [0, 0.1) is 12.7 Å². The summed E-state index contributed by atoms with van der Waals surface area (Å²) in [6.07, 6.45) is -0.693. The van der Waals surface area contributed by atoms with Crippen LogP contribution in [-0.4, -0.2) is 12.4 Å². The van der Waals surface area contributed by atoms with Crippen LogP contribution in [0.15, 0.2) is 48.5 Å². The van der Waals surface area contributed by atoms with E-state index in [1.54, 1.807) is 13.0 Å². The van der Waals surface area contributed by atoms with Crippen LogP contribution in [0.4, 0.5) is 4.39 Å². The van der Waals surface area contributed by atoms with Crippen molar-refractivity contribution in [3.05, 3.63) is 71.0 Å². The highest BCUT2D eigenvalue weighted by molar-refractivity contribution is 6.01. The van der Waals surface area contributed by atoms with Gasteiger partial charge in [0.2, 0.25) is 0 Å². The predicted octanol–water partition coefficient (Wildman–Crippen LogP) is 4.09. The molecule has 1 unspecified atom stereocenters. The first-order valence-corrected chi connectivity index (χ1v) is 6.60. The molecule has 0 radical (unpaired) electrons. The van der Waals surface area contributed by atoms with E-state index in [2.05, 4.69) is 0 Å². The average molecular weight is 272 g/mol. The van der Waals surface area contributed by atoms with Crippen molar-refractivity contribution in [2.75, 3.05) is 6.61 Å². The van der Waals surface area contributed by atoms with E-state index < -0.39 is 11.9 Å². The van der Waals surface area contributed by atoms with Gasteiger partial charge in [0.15, 0.2) is 5.78 Å². The van der Waals surface area contributed by atoms with Gasteiger partial charge in [-0.25, -0.2) is 4.39 Å². The van der Waals surface area contributed by atoms with Gasteiger partial charge in [-0.1, -0.05) is 36.4 Å². The molecule has 2 aromatic carbocycles. The molecule has 0 saturated heterocycles. The fourth-order valence-corrected chi connectivity index (χ4v) is 2.12. The highest BCUT2D eigenvalue weighted by Gasteiger charge is 2.23. The average Bonchev–Trinajstić information content (AvgIpc) is 2.47. The normalized spacial score (nSPS) is 12.2. The summed E-state index contributed by atoms with van der Waals surface area (Å²) >= 11 is 0. The van der Waals surface area contributed by atoms with Crippen LogP contribution in [0.3, 0.4) is 0 Å². The van der Waals surface area contributed by atoms with Gasteiger partial charge in [0.25, 0.3) is 0 Å². The quantitative estimate of drug-likeness (QED) is 0.766. The number of benzene rings is 2. The molecule has 0 spiro atoms. The molecule has 0 aliphatic rings. The van der Waals surface area contributed by atoms with Crippen LogP contribution in [0.1, 0.15) is 34.5 Å². The summed E-state index contributed by atoms with van der Waals surface area (Å²) < 4.78 is 18.9. The van der Waals surface area contributed by atoms with E-state index >= 15 is 0 Å². The lowest BCUT2D eigenvalue weighted by Gasteiger charge is -2.17. The van der Waals surface area contributed by atoms with E-state index in [0.717, 1.165) is 11.1 Å². The van der Waals surface area contributed by atoms with Crippen molar-refractivity contribution in [3.63, 3.8) is 0 Å². The standard InChI is InChI=1S/C17H17FO2/c1-3-20-17(13-7-5-4-6-8-13)16(19)15-11-14(18)10-9-12(15)2/h4-11,17H,3H2,1-2H3. The summed E-state index contributed by atoms with van der Waals surface area (Å²) in [5, 5.41) is 0. The van der Waals surface area contributed by atoms with E-state index in [1.165, 1.54) is 12.1 Å². The Bertz CT molecular complexity index is 593. The van der Waals surface area contributed by atoms with E-state index in [0.29, 0.717) is 12.2 Å². The maximum absolute atomic E-state index is 13.4. The van der Waals surface area contributed by atoms with Gasteiger partial charge in [-0.2, -0.15) is 0 Å². The Morgan fingerprint density at radius 3 is 2.55 bits per heavy atom. The molecule has 0 aliphatic heterocycles. The molecule has 0 N–H and O–H groups in total. The minimum atomic E-state index is -0.693. The lowest BCUT2D eigenvalue weighted by Crippen LogP contribution is -2.17. The van der Waals surface area contributed by atoms with Crippen LogP contribution in [0.5, 0.6) is 0 Å². The number of halogens is 1. The summed E-state index contributed by atoms with van der Waals surface area (Å²) in [5.41, 5.74) is 1.90. The largest absolute Gasteiger partial charge is 0.366 e. The minimum Gasteiger partial charge on any atom is -0.366 e. The molecule has 3 heteroatoms. The molecule has 2 nitrogen and oxygen atoms in total. The van der Waals surface area contributed by atoms with E-state index in [4.69, 9.17) is 4.74 Å². The Hall–Kier alpha value is -2.00. The van der Waals surface area contributed by atoms with Crippen molar-refractivity contribution < 1.29 is 13.9 Å². The van der Waals surface area contributed by atoms with Gasteiger partial charge >= 0.3 is 0 Å². The molecule has 0 heterocycles. The number of Topliss-reactive ketones (excluding diaryl/α,β-unsaturated/α-hetero) is 1. The van der Waals surface area contributed by atoms with Gasteiger partial charge in [-0.3, -0.25) is 4.79 Å². The van der Waals surface area contributed by atoms with Gasteiger partial charge < -0.3 is 4.74 Å². The molecule has 1 atom stereocenters. The molecule has 2 rings (SSSR count). The zero-order valence-electron chi connectivity index (χ0n) is 11.6. The summed E-state index contributed by atoms with van der Waals surface area (Å²) in [5.74, 6) is -0.627. The smallest absolute Gasteiger partial charge is 0.196 e. The monoisotopic (exact) mass is 272 g/mol. The van der Waals surface area contributed by atoms with Crippen molar-refractivity contribution in [3.8, 4) is 0 Å². The van der Waals surface area contributed by atoms with E-state index in [-0.39, 0.29) is 5.78 Å². The number of ether oxygens (including phenoxy) is 1. The number of rotatable bonds is 5. The maximum atomic E-state index is 13.4. The molecule has 0 amide bonds. The molecule has 20 heavy (non-hydrogen) atoms. The Kier molecular flexibility index (Phi) is 4.64. The lowest BCUT2D eigenvalue weighted by molar-refractivity contribution is 0.0451. The summed E-state index contributed by atoms with van der Waals surface area (Å²) in [6.45, 7) is 4.04. The number of aryl methyl sites for hydroxylation is 1. The Balaban J connectivity index is 2.39. The second-order valence-electron chi connectivity index (χ2n) is 4.57. The van der Waals surface area contributed by atoms with Gasteiger partial charge in [0.1, 0.15) is 11.9 Å². The zero-order chi connectivity index (χ0) is 14.5. The zero-order valence-corrected chi connectivity index (χ0v) is 11.6. The Labute approximate surface area is 118 Å². The van der Waals surface area contributed by atoms with Gasteiger partial charge in [0.05, 0.1) is 0 Å². The van der Waals surface area contributed by atoms with Gasteiger partial charge in [-0.15, -0.1) is 0 Å². The first-order chi connectivity index (χ1) is 9.63. The Morgan fingerprint density at radius 2 is 1.90 bits per heavy atom. The lowest BCUT2D eigenvalue weighted by atomic mass is 9.96. The highest BCUT2D eigenvalue weighted by Crippen LogP contribution is 2.24. The molecule has 2 aromatic rings. The fourth-order valence-electron chi connectivity index (χ4n) is 2.12.